The Morgan fingerprint density at radius 2 is 1.88 bits per heavy atom. The molecular weight excluding hydrogens is 204 g/mol. The molecule has 1 fully saturated rings. The van der Waals surface area contributed by atoms with E-state index < -0.39 is 12.2 Å². The summed E-state index contributed by atoms with van der Waals surface area (Å²) in [5.74, 6) is 0.757. The van der Waals surface area contributed by atoms with Crippen LogP contribution in [0.5, 0.6) is 0 Å². The molecule has 16 heavy (non-hydrogen) atoms. The van der Waals surface area contributed by atoms with Crippen LogP contribution in [0.1, 0.15) is 47.0 Å². The van der Waals surface area contributed by atoms with Crippen molar-refractivity contribution in [3.05, 3.63) is 0 Å². The highest BCUT2D eigenvalue weighted by molar-refractivity contribution is 4.96. The Morgan fingerprint density at radius 3 is 2.38 bits per heavy atom. The first kappa shape index (κ1) is 13.9. The van der Waals surface area contributed by atoms with Gasteiger partial charge in [-0.3, -0.25) is 0 Å². The summed E-state index contributed by atoms with van der Waals surface area (Å²) in [4.78, 5) is 0. The molecule has 1 aliphatic carbocycles. The first-order valence-electron chi connectivity index (χ1n) is 6.31. The van der Waals surface area contributed by atoms with Crippen LogP contribution in [0.3, 0.4) is 0 Å². The van der Waals surface area contributed by atoms with Crippen LogP contribution >= 0.6 is 0 Å². The molecule has 0 heterocycles. The maximum absolute atomic E-state index is 10.0. The van der Waals surface area contributed by atoms with Crippen molar-refractivity contribution in [3.8, 4) is 0 Å². The molecule has 1 saturated carbocycles. The van der Waals surface area contributed by atoms with Crippen molar-refractivity contribution < 1.29 is 15.3 Å². The van der Waals surface area contributed by atoms with Crippen molar-refractivity contribution in [2.75, 3.05) is 0 Å². The van der Waals surface area contributed by atoms with Crippen molar-refractivity contribution in [2.24, 2.45) is 17.3 Å². The topological polar surface area (TPSA) is 60.7 Å². The van der Waals surface area contributed by atoms with E-state index in [1.54, 1.807) is 6.92 Å². The summed E-state index contributed by atoms with van der Waals surface area (Å²) in [6, 6.07) is 0. The molecule has 96 valence electrons. The van der Waals surface area contributed by atoms with Crippen molar-refractivity contribution in [1.82, 2.24) is 0 Å². The van der Waals surface area contributed by atoms with Gasteiger partial charge in [-0.25, -0.2) is 0 Å². The third-order valence-corrected chi connectivity index (χ3v) is 4.28. The molecule has 0 aromatic heterocycles. The van der Waals surface area contributed by atoms with Crippen molar-refractivity contribution in [1.29, 1.82) is 0 Å². The van der Waals surface area contributed by atoms with E-state index in [4.69, 9.17) is 0 Å². The summed E-state index contributed by atoms with van der Waals surface area (Å²) >= 11 is 0. The predicted octanol–water partition coefficient (Wildman–Crippen LogP) is 1.55. The van der Waals surface area contributed by atoms with Gasteiger partial charge in [-0.05, 0) is 43.4 Å². The highest BCUT2D eigenvalue weighted by Gasteiger charge is 2.46. The lowest BCUT2D eigenvalue weighted by molar-refractivity contribution is -0.131. The smallest absolute Gasteiger partial charge is 0.0852 e. The lowest BCUT2D eigenvalue weighted by Gasteiger charge is -2.48. The van der Waals surface area contributed by atoms with Crippen LogP contribution in [-0.4, -0.2) is 33.6 Å². The lowest BCUT2D eigenvalue weighted by atomic mass is 9.60. The first-order valence-corrected chi connectivity index (χ1v) is 6.31. The van der Waals surface area contributed by atoms with Gasteiger partial charge in [0.2, 0.25) is 0 Å². The normalized spacial score (nSPS) is 40.7. The number of aliphatic hydroxyl groups excluding tert-OH is 3. The quantitative estimate of drug-likeness (QED) is 0.689. The van der Waals surface area contributed by atoms with E-state index in [1.165, 1.54) is 0 Å². The monoisotopic (exact) mass is 230 g/mol. The van der Waals surface area contributed by atoms with Gasteiger partial charge in [0.15, 0.2) is 0 Å². The molecule has 0 saturated heterocycles. The van der Waals surface area contributed by atoms with E-state index in [0.29, 0.717) is 18.3 Å². The van der Waals surface area contributed by atoms with Crippen LogP contribution in [0.4, 0.5) is 0 Å². The van der Waals surface area contributed by atoms with Gasteiger partial charge in [-0.2, -0.15) is 0 Å². The van der Waals surface area contributed by atoms with Gasteiger partial charge in [0.1, 0.15) is 0 Å². The first-order chi connectivity index (χ1) is 7.26. The van der Waals surface area contributed by atoms with Crippen LogP contribution in [0, 0.1) is 17.3 Å². The second-order valence-corrected chi connectivity index (χ2v) is 6.08. The van der Waals surface area contributed by atoms with Gasteiger partial charge in [-0.15, -0.1) is 0 Å². The zero-order valence-corrected chi connectivity index (χ0v) is 10.8. The van der Waals surface area contributed by atoms with Gasteiger partial charge in [0.25, 0.3) is 0 Å². The maximum Gasteiger partial charge on any atom is 0.0852 e. The van der Waals surface area contributed by atoms with Crippen molar-refractivity contribution in [3.63, 3.8) is 0 Å². The minimum Gasteiger partial charge on any atom is -0.393 e. The predicted molar refractivity (Wildman–Crippen MR) is 64.0 cm³/mol. The summed E-state index contributed by atoms with van der Waals surface area (Å²) in [5.41, 5.74) is -0.272. The van der Waals surface area contributed by atoms with E-state index in [2.05, 4.69) is 6.92 Å². The van der Waals surface area contributed by atoms with Crippen LogP contribution in [0.2, 0.25) is 0 Å². The Hall–Kier alpha value is -0.120. The van der Waals surface area contributed by atoms with E-state index in [9.17, 15) is 15.3 Å². The van der Waals surface area contributed by atoms with E-state index in [0.717, 1.165) is 12.8 Å². The molecule has 0 radical (unpaired) electrons. The number of hydrogen-bond acceptors (Lipinski definition) is 3. The Bertz CT molecular complexity index is 225. The van der Waals surface area contributed by atoms with Crippen LogP contribution in [0.15, 0.2) is 0 Å². The molecule has 0 aromatic rings. The zero-order chi connectivity index (χ0) is 12.5. The zero-order valence-electron chi connectivity index (χ0n) is 10.8. The third kappa shape index (κ3) is 2.76. The summed E-state index contributed by atoms with van der Waals surface area (Å²) in [6.07, 6.45) is 0.800. The van der Waals surface area contributed by atoms with Gasteiger partial charge >= 0.3 is 0 Å². The van der Waals surface area contributed by atoms with Crippen molar-refractivity contribution >= 4 is 0 Å². The van der Waals surface area contributed by atoms with Crippen LogP contribution in [-0.2, 0) is 0 Å². The minimum atomic E-state index is -0.650. The molecule has 3 heteroatoms. The highest BCUT2D eigenvalue weighted by atomic mass is 16.3. The Kier molecular flexibility index (Phi) is 4.38. The molecule has 3 nitrogen and oxygen atoms in total. The molecule has 1 rings (SSSR count). The molecule has 5 atom stereocenters. The van der Waals surface area contributed by atoms with Gasteiger partial charge in [-0.1, -0.05) is 20.8 Å². The fourth-order valence-electron chi connectivity index (χ4n) is 3.20. The fraction of sp³-hybridized carbons (Fsp3) is 1.00. The number of rotatable bonds is 3. The SMILES string of the molecule is CC(O)CC[C@H]1[C@H](C)C[C@H](O)[C@@H](O)C1(C)C. The molecule has 0 amide bonds. The van der Waals surface area contributed by atoms with E-state index in [1.807, 2.05) is 13.8 Å². The molecule has 0 aliphatic heterocycles. The summed E-state index contributed by atoms with van der Waals surface area (Å²) in [7, 11) is 0. The lowest BCUT2D eigenvalue weighted by Crippen LogP contribution is -2.51. The summed E-state index contributed by atoms with van der Waals surface area (Å²) in [6.45, 7) is 7.96. The van der Waals surface area contributed by atoms with Crippen LogP contribution < -0.4 is 0 Å². The Morgan fingerprint density at radius 1 is 1.31 bits per heavy atom. The number of hydrogen-bond donors (Lipinski definition) is 3. The standard InChI is InChI=1S/C13H26O3/c1-8-7-11(15)12(16)13(3,4)10(8)6-5-9(2)14/h8-12,14-16H,5-7H2,1-4H3/t8-,9?,10+,11+,12-/m1/s1. The minimum absolute atomic E-state index is 0.272. The second kappa shape index (κ2) is 5.03. The van der Waals surface area contributed by atoms with Gasteiger partial charge in [0, 0.05) is 0 Å². The third-order valence-electron chi connectivity index (χ3n) is 4.28. The average Bonchev–Trinajstić information content (AvgIpc) is 2.13. The molecule has 0 spiro atoms. The van der Waals surface area contributed by atoms with Crippen molar-refractivity contribution in [2.45, 2.75) is 65.3 Å². The molecule has 3 N–H and O–H groups in total. The largest absolute Gasteiger partial charge is 0.393 e. The molecule has 0 bridgehead atoms. The Labute approximate surface area is 98.5 Å². The highest BCUT2D eigenvalue weighted by Crippen LogP contribution is 2.46. The Balaban J connectivity index is 2.72. The summed E-state index contributed by atoms with van der Waals surface area (Å²) < 4.78 is 0. The summed E-state index contributed by atoms with van der Waals surface area (Å²) in [5, 5.41) is 29.2. The van der Waals surface area contributed by atoms with Crippen LogP contribution in [0.25, 0.3) is 0 Å². The van der Waals surface area contributed by atoms with Gasteiger partial charge < -0.3 is 15.3 Å². The second-order valence-electron chi connectivity index (χ2n) is 6.08. The van der Waals surface area contributed by atoms with Gasteiger partial charge in [0.05, 0.1) is 18.3 Å². The molecular formula is C13H26O3. The fourth-order valence-corrected chi connectivity index (χ4v) is 3.20. The molecule has 1 unspecified atom stereocenters. The van der Waals surface area contributed by atoms with E-state index in [-0.39, 0.29) is 11.5 Å². The molecule has 0 aromatic carbocycles. The maximum atomic E-state index is 10.0. The molecule has 1 aliphatic rings. The van der Waals surface area contributed by atoms with E-state index >= 15 is 0 Å². The average molecular weight is 230 g/mol. The number of aliphatic hydroxyl groups is 3.